The lowest BCUT2D eigenvalue weighted by Crippen LogP contribution is -2.15. The number of carbonyl (C=O) groups excluding carboxylic acids is 1. The van der Waals surface area contributed by atoms with Crippen molar-refractivity contribution in [2.45, 2.75) is 30.6 Å². The first-order chi connectivity index (χ1) is 12.3. The molecule has 1 aliphatic rings. The van der Waals surface area contributed by atoms with Gasteiger partial charge in [-0.05, 0) is 44.0 Å². The summed E-state index contributed by atoms with van der Waals surface area (Å²) in [5.41, 5.74) is 1.71. The standard InChI is InChI=1S/C17H16N4O3S2/c1-9-7-13(19-15(18-9)10-3-4-10)16(22)21-17-20-12-6-5-11(26(2,23)24)8-14(12)25-17/h5-8,10H,3-4H2,1-2H3,(H,20,21,22). The van der Waals surface area contributed by atoms with Crippen molar-refractivity contribution in [1.82, 2.24) is 15.0 Å². The van der Waals surface area contributed by atoms with Gasteiger partial charge in [0.1, 0.15) is 11.5 Å². The third-order valence-electron chi connectivity index (χ3n) is 4.06. The summed E-state index contributed by atoms with van der Waals surface area (Å²) < 4.78 is 24.0. The van der Waals surface area contributed by atoms with E-state index in [1.54, 1.807) is 18.2 Å². The molecule has 134 valence electrons. The second-order valence-corrected chi connectivity index (χ2v) is 9.45. The summed E-state index contributed by atoms with van der Waals surface area (Å²) in [4.78, 5) is 25.9. The summed E-state index contributed by atoms with van der Waals surface area (Å²) in [6, 6.07) is 6.37. The van der Waals surface area contributed by atoms with Crippen molar-refractivity contribution in [3.63, 3.8) is 0 Å². The molecular weight excluding hydrogens is 372 g/mol. The molecule has 4 rings (SSSR count). The van der Waals surface area contributed by atoms with E-state index in [2.05, 4.69) is 20.3 Å². The van der Waals surface area contributed by atoms with Crippen LogP contribution < -0.4 is 5.32 Å². The molecule has 0 unspecified atom stereocenters. The zero-order valence-corrected chi connectivity index (χ0v) is 15.8. The first kappa shape index (κ1) is 17.0. The van der Waals surface area contributed by atoms with Gasteiger partial charge in [0.05, 0.1) is 15.1 Å². The van der Waals surface area contributed by atoms with Gasteiger partial charge in [0.2, 0.25) is 0 Å². The van der Waals surface area contributed by atoms with E-state index in [4.69, 9.17) is 0 Å². The number of aromatic nitrogens is 3. The van der Waals surface area contributed by atoms with Crippen LogP contribution in [0, 0.1) is 6.92 Å². The lowest BCUT2D eigenvalue weighted by Gasteiger charge is -2.04. The van der Waals surface area contributed by atoms with Crippen molar-refractivity contribution in [3.8, 4) is 0 Å². The highest BCUT2D eigenvalue weighted by Crippen LogP contribution is 2.38. The quantitative estimate of drug-likeness (QED) is 0.737. The van der Waals surface area contributed by atoms with E-state index < -0.39 is 9.84 Å². The molecule has 0 radical (unpaired) electrons. The van der Waals surface area contributed by atoms with Gasteiger partial charge in [-0.2, -0.15) is 0 Å². The number of hydrogen-bond acceptors (Lipinski definition) is 7. The maximum atomic E-state index is 12.5. The number of rotatable bonds is 4. The molecule has 7 nitrogen and oxygen atoms in total. The topological polar surface area (TPSA) is 102 Å². The molecule has 1 aromatic carbocycles. The predicted octanol–water partition coefficient (Wildman–Crippen LogP) is 2.93. The minimum absolute atomic E-state index is 0.229. The highest BCUT2D eigenvalue weighted by Gasteiger charge is 2.27. The molecule has 0 bridgehead atoms. The molecule has 0 spiro atoms. The minimum atomic E-state index is -3.29. The van der Waals surface area contributed by atoms with Gasteiger partial charge >= 0.3 is 0 Å². The normalized spacial score (nSPS) is 14.5. The summed E-state index contributed by atoms with van der Waals surface area (Å²) in [5.74, 6) is 0.732. The van der Waals surface area contributed by atoms with Gasteiger partial charge in [-0.25, -0.2) is 23.4 Å². The van der Waals surface area contributed by atoms with Crippen LogP contribution in [0.15, 0.2) is 29.2 Å². The van der Waals surface area contributed by atoms with E-state index in [0.29, 0.717) is 27.0 Å². The fourth-order valence-electron chi connectivity index (χ4n) is 2.58. The smallest absolute Gasteiger partial charge is 0.276 e. The molecule has 26 heavy (non-hydrogen) atoms. The van der Waals surface area contributed by atoms with Crippen molar-refractivity contribution >= 4 is 42.4 Å². The van der Waals surface area contributed by atoms with Crippen molar-refractivity contribution in [1.29, 1.82) is 0 Å². The van der Waals surface area contributed by atoms with E-state index in [1.165, 1.54) is 17.4 Å². The van der Waals surface area contributed by atoms with Gasteiger partial charge in [0.25, 0.3) is 5.91 Å². The van der Waals surface area contributed by atoms with E-state index in [-0.39, 0.29) is 10.8 Å². The molecule has 9 heteroatoms. The molecule has 3 aromatic rings. The zero-order chi connectivity index (χ0) is 18.5. The Kier molecular flexibility index (Phi) is 4.00. The third-order valence-corrected chi connectivity index (χ3v) is 6.10. The number of fused-ring (bicyclic) bond motifs is 1. The summed E-state index contributed by atoms with van der Waals surface area (Å²) in [7, 11) is -3.29. The fraction of sp³-hybridized carbons (Fsp3) is 0.294. The van der Waals surface area contributed by atoms with Crippen molar-refractivity contribution in [2.75, 3.05) is 11.6 Å². The molecule has 2 aromatic heterocycles. The Balaban J connectivity index is 1.61. The van der Waals surface area contributed by atoms with Crippen LogP contribution in [0.3, 0.4) is 0 Å². The summed E-state index contributed by atoms with van der Waals surface area (Å²) in [6.45, 7) is 1.84. The maximum Gasteiger partial charge on any atom is 0.276 e. The Bertz CT molecular complexity index is 1130. The molecule has 0 atom stereocenters. The molecule has 1 fully saturated rings. The first-order valence-electron chi connectivity index (χ1n) is 8.07. The van der Waals surface area contributed by atoms with Gasteiger partial charge in [-0.15, -0.1) is 0 Å². The van der Waals surface area contributed by atoms with Crippen LogP contribution in [0.25, 0.3) is 10.2 Å². The highest BCUT2D eigenvalue weighted by atomic mass is 32.2. The lowest BCUT2D eigenvalue weighted by molar-refractivity contribution is 0.102. The lowest BCUT2D eigenvalue weighted by atomic mass is 10.3. The summed E-state index contributed by atoms with van der Waals surface area (Å²) >= 11 is 1.23. The Morgan fingerprint density at radius 2 is 1.96 bits per heavy atom. The third kappa shape index (κ3) is 3.45. The number of hydrogen-bond donors (Lipinski definition) is 1. The van der Waals surface area contributed by atoms with Crippen LogP contribution in [-0.2, 0) is 9.84 Å². The molecule has 2 heterocycles. The van der Waals surface area contributed by atoms with Crippen LogP contribution in [-0.4, -0.2) is 35.5 Å². The number of thiazole rings is 1. The van der Waals surface area contributed by atoms with Gasteiger partial charge in [0, 0.05) is 17.9 Å². The SMILES string of the molecule is Cc1cc(C(=O)Nc2nc3ccc(S(C)(=O)=O)cc3s2)nc(C2CC2)n1. The summed E-state index contributed by atoms with van der Waals surface area (Å²) in [6.07, 6.45) is 3.28. The number of anilines is 1. The Hall–Kier alpha value is -2.39. The van der Waals surface area contributed by atoms with Gasteiger partial charge in [-0.1, -0.05) is 11.3 Å². The largest absolute Gasteiger partial charge is 0.296 e. The van der Waals surface area contributed by atoms with E-state index in [9.17, 15) is 13.2 Å². The number of sulfone groups is 1. The molecule has 1 saturated carbocycles. The predicted molar refractivity (Wildman–Crippen MR) is 99.4 cm³/mol. The maximum absolute atomic E-state index is 12.5. The number of nitrogens with zero attached hydrogens (tertiary/aromatic N) is 3. The molecule has 1 N–H and O–H groups in total. The monoisotopic (exact) mass is 388 g/mol. The van der Waals surface area contributed by atoms with Crippen LogP contribution in [0.2, 0.25) is 0 Å². The van der Waals surface area contributed by atoms with Gasteiger partial charge < -0.3 is 0 Å². The average Bonchev–Trinajstić information content (AvgIpc) is 3.33. The van der Waals surface area contributed by atoms with Crippen LogP contribution in [0.1, 0.15) is 40.8 Å². The van der Waals surface area contributed by atoms with Crippen molar-refractivity contribution in [3.05, 3.63) is 41.5 Å². The van der Waals surface area contributed by atoms with Crippen molar-refractivity contribution < 1.29 is 13.2 Å². The second-order valence-electron chi connectivity index (χ2n) is 6.40. The summed E-state index contributed by atoms with van der Waals surface area (Å²) in [5, 5.41) is 3.15. The van der Waals surface area contributed by atoms with E-state index in [1.807, 2.05) is 6.92 Å². The minimum Gasteiger partial charge on any atom is -0.296 e. The van der Waals surface area contributed by atoms with E-state index in [0.717, 1.165) is 30.6 Å². The van der Waals surface area contributed by atoms with Crippen LogP contribution in [0.4, 0.5) is 5.13 Å². The van der Waals surface area contributed by atoms with Crippen molar-refractivity contribution in [2.24, 2.45) is 0 Å². The zero-order valence-electron chi connectivity index (χ0n) is 14.2. The molecule has 0 aliphatic heterocycles. The highest BCUT2D eigenvalue weighted by molar-refractivity contribution is 7.90. The van der Waals surface area contributed by atoms with E-state index >= 15 is 0 Å². The number of carbonyl (C=O) groups is 1. The Labute approximate surface area is 154 Å². The molecular formula is C17H16N4O3S2. The molecule has 0 saturated heterocycles. The number of amides is 1. The van der Waals surface area contributed by atoms with Crippen LogP contribution >= 0.6 is 11.3 Å². The number of benzene rings is 1. The number of nitrogens with one attached hydrogen (secondary N) is 1. The van der Waals surface area contributed by atoms with Gasteiger partial charge in [-0.3, -0.25) is 10.1 Å². The molecule has 1 amide bonds. The second kappa shape index (κ2) is 6.10. The average molecular weight is 388 g/mol. The first-order valence-corrected chi connectivity index (χ1v) is 10.8. The van der Waals surface area contributed by atoms with Gasteiger partial charge in [0.15, 0.2) is 15.0 Å². The Morgan fingerprint density at radius 1 is 1.19 bits per heavy atom. The fourth-order valence-corrected chi connectivity index (χ4v) is 4.20. The Morgan fingerprint density at radius 3 is 2.65 bits per heavy atom. The molecule has 1 aliphatic carbocycles. The van der Waals surface area contributed by atoms with Crippen LogP contribution in [0.5, 0.6) is 0 Å². The number of aryl methyl sites for hydroxylation is 1.